The molecule has 0 bridgehead atoms. The van der Waals surface area contributed by atoms with Crippen molar-refractivity contribution in [3.63, 3.8) is 0 Å². The zero-order chi connectivity index (χ0) is 12.0. The van der Waals surface area contributed by atoms with E-state index in [0.29, 0.717) is 0 Å². The van der Waals surface area contributed by atoms with Crippen molar-refractivity contribution in [2.75, 3.05) is 0 Å². The maximum absolute atomic E-state index is 3.58. The molecule has 1 aliphatic carbocycles. The molecule has 0 unspecified atom stereocenters. The quantitative estimate of drug-likeness (QED) is 0.828. The predicted octanol–water partition coefficient (Wildman–Crippen LogP) is 3.35. The molecule has 1 aliphatic rings. The summed E-state index contributed by atoms with van der Waals surface area (Å²) in [5.74, 6) is 0. The summed E-state index contributed by atoms with van der Waals surface area (Å²) in [6.07, 6.45) is 2.69. The molecule has 1 aromatic heterocycles. The van der Waals surface area contributed by atoms with E-state index < -0.39 is 0 Å². The van der Waals surface area contributed by atoms with Crippen LogP contribution < -0.4 is 5.32 Å². The first kappa shape index (κ1) is 10.8. The molecule has 0 amide bonds. The first-order valence-electron chi connectivity index (χ1n) is 6.47. The second kappa shape index (κ2) is 3.88. The molecule has 3 rings (SSSR count). The summed E-state index contributed by atoms with van der Waals surface area (Å²) < 4.78 is 0. The Morgan fingerprint density at radius 2 is 2.00 bits per heavy atom. The van der Waals surface area contributed by atoms with E-state index in [0.717, 1.165) is 12.6 Å². The summed E-state index contributed by atoms with van der Waals surface area (Å²) in [6.45, 7) is 7.56. The highest BCUT2D eigenvalue weighted by Crippen LogP contribution is 2.27. The van der Waals surface area contributed by atoms with Crippen molar-refractivity contribution in [3.05, 3.63) is 34.5 Å². The summed E-state index contributed by atoms with van der Waals surface area (Å²) in [4.78, 5) is 3.57. The number of fused-ring (bicyclic) bond motifs is 1. The molecule has 0 atom stereocenters. The normalized spacial score (nSPS) is 15.7. The third-order valence-electron chi connectivity index (χ3n) is 3.74. The number of aromatic nitrogens is 1. The summed E-state index contributed by atoms with van der Waals surface area (Å²) in [6, 6.07) is 5.28. The van der Waals surface area contributed by atoms with E-state index in [9.17, 15) is 0 Å². The van der Waals surface area contributed by atoms with Crippen molar-refractivity contribution < 1.29 is 0 Å². The van der Waals surface area contributed by atoms with Crippen LogP contribution in [0.3, 0.4) is 0 Å². The van der Waals surface area contributed by atoms with E-state index in [1.54, 1.807) is 0 Å². The third-order valence-corrected chi connectivity index (χ3v) is 3.74. The largest absolute Gasteiger partial charge is 0.357 e. The number of hydrogen-bond donors (Lipinski definition) is 2. The summed E-state index contributed by atoms with van der Waals surface area (Å²) in [5, 5.41) is 4.98. The van der Waals surface area contributed by atoms with Gasteiger partial charge in [0.05, 0.1) is 0 Å². The van der Waals surface area contributed by atoms with Gasteiger partial charge in [0, 0.05) is 29.2 Å². The molecule has 2 nitrogen and oxygen atoms in total. The molecule has 0 radical (unpaired) electrons. The maximum Gasteiger partial charge on any atom is 0.0464 e. The minimum absolute atomic E-state index is 0.767. The zero-order valence-corrected chi connectivity index (χ0v) is 10.9. The number of hydrogen-bond acceptors (Lipinski definition) is 1. The Balaban J connectivity index is 2.01. The van der Waals surface area contributed by atoms with Crippen LogP contribution in [-0.2, 0) is 6.54 Å². The Morgan fingerprint density at radius 3 is 2.71 bits per heavy atom. The van der Waals surface area contributed by atoms with Crippen LogP contribution in [0.1, 0.15) is 35.2 Å². The summed E-state index contributed by atoms with van der Waals surface area (Å²) in [7, 11) is 0. The molecule has 90 valence electrons. The van der Waals surface area contributed by atoms with Crippen molar-refractivity contribution in [1.29, 1.82) is 0 Å². The molecule has 2 N–H and O–H groups in total. The van der Waals surface area contributed by atoms with E-state index in [1.807, 2.05) is 0 Å². The van der Waals surface area contributed by atoms with Crippen molar-refractivity contribution in [1.82, 2.24) is 10.3 Å². The van der Waals surface area contributed by atoms with Crippen LogP contribution in [0.15, 0.2) is 12.1 Å². The maximum atomic E-state index is 3.58. The van der Waals surface area contributed by atoms with Gasteiger partial charge in [0.25, 0.3) is 0 Å². The SMILES string of the molecule is Cc1cc(C)c2c(C)c(CNC3CC3)[nH]c2c1. The fourth-order valence-electron chi connectivity index (χ4n) is 2.68. The van der Waals surface area contributed by atoms with Gasteiger partial charge in [0.15, 0.2) is 0 Å². The van der Waals surface area contributed by atoms with Gasteiger partial charge in [-0.15, -0.1) is 0 Å². The molecule has 0 aliphatic heterocycles. The average molecular weight is 228 g/mol. The molecule has 2 heteroatoms. The molecule has 0 spiro atoms. The first-order chi connectivity index (χ1) is 8.15. The van der Waals surface area contributed by atoms with Gasteiger partial charge in [0.1, 0.15) is 0 Å². The molecule has 0 saturated heterocycles. The molecular formula is C15H20N2. The fourth-order valence-corrected chi connectivity index (χ4v) is 2.68. The highest BCUT2D eigenvalue weighted by Gasteiger charge is 2.21. The number of rotatable bonds is 3. The highest BCUT2D eigenvalue weighted by molar-refractivity contribution is 5.88. The van der Waals surface area contributed by atoms with Crippen LogP contribution in [0.25, 0.3) is 10.9 Å². The Kier molecular flexibility index (Phi) is 2.48. The van der Waals surface area contributed by atoms with Crippen molar-refractivity contribution in [2.45, 2.75) is 46.2 Å². The van der Waals surface area contributed by atoms with Gasteiger partial charge in [0.2, 0.25) is 0 Å². The number of H-pyrrole nitrogens is 1. The minimum atomic E-state index is 0.767. The van der Waals surface area contributed by atoms with Crippen LogP contribution in [0, 0.1) is 20.8 Å². The minimum Gasteiger partial charge on any atom is -0.357 e. The van der Waals surface area contributed by atoms with Crippen molar-refractivity contribution in [2.24, 2.45) is 0 Å². The zero-order valence-electron chi connectivity index (χ0n) is 10.9. The lowest BCUT2D eigenvalue weighted by molar-refractivity contribution is 0.675. The molecule has 1 heterocycles. The number of aryl methyl sites for hydroxylation is 3. The topological polar surface area (TPSA) is 27.8 Å². The molecule has 1 aromatic carbocycles. The van der Waals surface area contributed by atoms with Gasteiger partial charge in [-0.2, -0.15) is 0 Å². The molecular weight excluding hydrogens is 208 g/mol. The lowest BCUT2D eigenvalue weighted by atomic mass is 10.0. The second-order valence-electron chi connectivity index (χ2n) is 5.39. The van der Waals surface area contributed by atoms with Crippen LogP contribution in [0.5, 0.6) is 0 Å². The summed E-state index contributed by atoms with van der Waals surface area (Å²) >= 11 is 0. The first-order valence-corrected chi connectivity index (χ1v) is 6.47. The van der Waals surface area contributed by atoms with E-state index in [2.05, 4.69) is 43.2 Å². The van der Waals surface area contributed by atoms with E-state index in [4.69, 9.17) is 0 Å². The van der Waals surface area contributed by atoms with Gasteiger partial charge >= 0.3 is 0 Å². The number of aromatic amines is 1. The Labute approximate surface area is 102 Å². The summed E-state index contributed by atoms with van der Waals surface area (Å²) in [5.41, 5.74) is 6.75. The highest BCUT2D eigenvalue weighted by atomic mass is 15.0. The molecule has 17 heavy (non-hydrogen) atoms. The van der Waals surface area contributed by atoms with E-state index >= 15 is 0 Å². The smallest absolute Gasteiger partial charge is 0.0464 e. The van der Waals surface area contributed by atoms with Crippen LogP contribution in [0.4, 0.5) is 0 Å². The van der Waals surface area contributed by atoms with Gasteiger partial charge in [-0.3, -0.25) is 0 Å². The monoisotopic (exact) mass is 228 g/mol. The molecule has 1 saturated carbocycles. The predicted molar refractivity (Wildman–Crippen MR) is 72.4 cm³/mol. The van der Waals surface area contributed by atoms with E-state index in [1.165, 1.54) is 46.1 Å². The standard InChI is InChI=1S/C15H20N2/c1-9-6-10(2)15-11(3)14(17-13(15)7-9)8-16-12-4-5-12/h6-7,12,16-17H,4-5,8H2,1-3H3. The van der Waals surface area contributed by atoms with Gasteiger partial charge in [-0.05, 0) is 56.4 Å². The molecule has 1 fully saturated rings. The van der Waals surface area contributed by atoms with E-state index in [-0.39, 0.29) is 0 Å². The average Bonchev–Trinajstić information content (AvgIpc) is 3.01. The van der Waals surface area contributed by atoms with Gasteiger partial charge in [-0.25, -0.2) is 0 Å². The Morgan fingerprint density at radius 1 is 1.24 bits per heavy atom. The lowest BCUT2D eigenvalue weighted by Gasteiger charge is -2.02. The van der Waals surface area contributed by atoms with Crippen LogP contribution in [0.2, 0.25) is 0 Å². The molecule has 2 aromatic rings. The van der Waals surface area contributed by atoms with Gasteiger partial charge < -0.3 is 10.3 Å². The Bertz CT molecular complexity index is 562. The number of benzene rings is 1. The lowest BCUT2D eigenvalue weighted by Crippen LogP contribution is -2.16. The second-order valence-corrected chi connectivity index (χ2v) is 5.39. The van der Waals surface area contributed by atoms with Gasteiger partial charge in [-0.1, -0.05) is 6.07 Å². The third kappa shape index (κ3) is 1.98. The van der Waals surface area contributed by atoms with Crippen LogP contribution >= 0.6 is 0 Å². The number of nitrogens with one attached hydrogen (secondary N) is 2. The van der Waals surface area contributed by atoms with Crippen LogP contribution in [-0.4, -0.2) is 11.0 Å². The Hall–Kier alpha value is -1.28. The van der Waals surface area contributed by atoms with Crippen molar-refractivity contribution in [3.8, 4) is 0 Å². The van der Waals surface area contributed by atoms with Crippen molar-refractivity contribution >= 4 is 10.9 Å². The fraction of sp³-hybridized carbons (Fsp3) is 0.467.